The number of rotatable bonds is 4. The Balaban J connectivity index is 1.53. The summed E-state index contributed by atoms with van der Waals surface area (Å²) in [7, 11) is 0. The first kappa shape index (κ1) is 16.9. The standard InChI is InChI=1S/C19H15FN4O3/c20-15-7-2-1-6-14(15)18-22-16(24-27-18)11-4-3-5-12(10-11)17(25)23-19(26)21-13-8-9-13/h1-7,10,13H,8-9H2,(H2,21,23,25,26). The van der Waals surface area contributed by atoms with Crippen LogP contribution >= 0.6 is 0 Å². The van der Waals surface area contributed by atoms with Crippen LogP contribution in [0.4, 0.5) is 9.18 Å². The Morgan fingerprint density at radius 2 is 1.93 bits per heavy atom. The first-order valence-electron chi connectivity index (χ1n) is 8.41. The van der Waals surface area contributed by atoms with Gasteiger partial charge < -0.3 is 9.84 Å². The number of hydrogen-bond donors (Lipinski definition) is 2. The molecule has 1 aromatic heterocycles. The van der Waals surface area contributed by atoms with Crippen LogP contribution in [0.25, 0.3) is 22.8 Å². The fraction of sp³-hybridized carbons (Fsp3) is 0.158. The van der Waals surface area contributed by atoms with E-state index in [1.54, 1.807) is 30.3 Å². The van der Waals surface area contributed by atoms with Crippen molar-refractivity contribution in [1.82, 2.24) is 20.8 Å². The average Bonchev–Trinajstić information content (AvgIpc) is 3.34. The molecule has 7 nitrogen and oxygen atoms in total. The minimum Gasteiger partial charge on any atom is -0.335 e. The van der Waals surface area contributed by atoms with Crippen molar-refractivity contribution < 1.29 is 18.5 Å². The number of aromatic nitrogens is 2. The molecule has 0 aliphatic heterocycles. The third-order valence-corrected chi connectivity index (χ3v) is 4.05. The van der Waals surface area contributed by atoms with Gasteiger partial charge >= 0.3 is 6.03 Å². The highest BCUT2D eigenvalue weighted by molar-refractivity contribution is 6.04. The summed E-state index contributed by atoms with van der Waals surface area (Å²) in [5, 5.41) is 8.81. The largest absolute Gasteiger partial charge is 0.335 e. The zero-order chi connectivity index (χ0) is 18.8. The first-order chi connectivity index (χ1) is 13.1. The lowest BCUT2D eigenvalue weighted by Crippen LogP contribution is -2.40. The lowest BCUT2D eigenvalue weighted by molar-refractivity contribution is 0.0964. The maximum absolute atomic E-state index is 13.9. The Morgan fingerprint density at radius 3 is 2.70 bits per heavy atom. The maximum Gasteiger partial charge on any atom is 0.321 e. The van der Waals surface area contributed by atoms with Crippen molar-refractivity contribution in [3.63, 3.8) is 0 Å². The van der Waals surface area contributed by atoms with E-state index in [0.29, 0.717) is 5.56 Å². The number of nitrogens with one attached hydrogen (secondary N) is 2. The molecule has 0 saturated heterocycles. The summed E-state index contributed by atoms with van der Waals surface area (Å²) in [4.78, 5) is 28.1. The summed E-state index contributed by atoms with van der Waals surface area (Å²) < 4.78 is 19.0. The molecule has 0 bridgehead atoms. The molecule has 0 unspecified atom stereocenters. The highest BCUT2D eigenvalue weighted by atomic mass is 19.1. The maximum atomic E-state index is 13.9. The predicted molar refractivity (Wildman–Crippen MR) is 94.1 cm³/mol. The summed E-state index contributed by atoms with van der Waals surface area (Å²) in [6.07, 6.45) is 1.86. The third-order valence-electron chi connectivity index (χ3n) is 4.05. The van der Waals surface area contributed by atoms with Crippen LogP contribution in [0.1, 0.15) is 23.2 Å². The topological polar surface area (TPSA) is 97.1 Å². The Morgan fingerprint density at radius 1 is 1.11 bits per heavy atom. The fourth-order valence-electron chi connectivity index (χ4n) is 2.51. The molecule has 0 spiro atoms. The highest BCUT2D eigenvalue weighted by Crippen LogP contribution is 2.24. The SMILES string of the molecule is O=C(NC(=O)c1cccc(-c2noc(-c3ccccc3F)n2)c1)NC1CC1. The Labute approximate surface area is 153 Å². The number of carbonyl (C=O) groups is 2. The molecule has 136 valence electrons. The summed E-state index contributed by atoms with van der Waals surface area (Å²) in [5.41, 5.74) is 0.981. The number of amides is 3. The van der Waals surface area contributed by atoms with E-state index in [1.165, 1.54) is 18.2 Å². The number of urea groups is 1. The van der Waals surface area contributed by atoms with Crippen molar-refractivity contribution in [3.8, 4) is 22.8 Å². The quantitative estimate of drug-likeness (QED) is 0.739. The number of halogens is 1. The van der Waals surface area contributed by atoms with Gasteiger partial charge in [0.15, 0.2) is 0 Å². The molecule has 2 aromatic carbocycles. The normalized spacial score (nSPS) is 13.2. The van der Waals surface area contributed by atoms with Gasteiger partial charge in [-0.05, 0) is 37.1 Å². The van der Waals surface area contributed by atoms with Crippen molar-refractivity contribution in [2.45, 2.75) is 18.9 Å². The van der Waals surface area contributed by atoms with E-state index in [9.17, 15) is 14.0 Å². The van der Waals surface area contributed by atoms with E-state index < -0.39 is 17.8 Å². The molecule has 1 fully saturated rings. The zero-order valence-electron chi connectivity index (χ0n) is 14.1. The van der Waals surface area contributed by atoms with Crippen molar-refractivity contribution in [2.24, 2.45) is 0 Å². The number of imide groups is 1. The lowest BCUT2D eigenvalue weighted by Gasteiger charge is -2.06. The van der Waals surface area contributed by atoms with Crippen LogP contribution in [0, 0.1) is 5.82 Å². The Bertz CT molecular complexity index is 1010. The van der Waals surface area contributed by atoms with Gasteiger partial charge in [0.1, 0.15) is 5.82 Å². The first-order valence-corrected chi connectivity index (χ1v) is 8.41. The molecular weight excluding hydrogens is 351 g/mol. The van der Waals surface area contributed by atoms with Crippen LogP contribution in [0.15, 0.2) is 53.1 Å². The second kappa shape index (κ2) is 6.99. The summed E-state index contributed by atoms with van der Waals surface area (Å²) >= 11 is 0. The molecule has 27 heavy (non-hydrogen) atoms. The monoisotopic (exact) mass is 366 g/mol. The smallest absolute Gasteiger partial charge is 0.321 e. The van der Waals surface area contributed by atoms with Gasteiger partial charge in [0.2, 0.25) is 5.82 Å². The van der Waals surface area contributed by atoms with E-state index in [2.05, 4.69) is 20.8 Å². The molecule has 2 N–H and O–H groups in total. The Kier molecular flexibility index (Phi) is 4.37. The van der Waals surface area contributed by atoms with Crippen molar-refractivity contribution in [2.75, 3.05) is 0 Å². The molecule has 1 aliphatic carbocycles. The molecule has 3 amide bonds. The van der Waals surface area contributed by atoms with Gasteiger partial charge in [-0.2, -0.15) is 4.98 Å². The van der Waals surface area contributed by atoms with Crippen LogP contribution in [-0.4, -0.2) is 28.1 Å². The van der Waals surface area contributed by atoms with Gasteiger partial charge in [0.05, 0.1) is 5.56 Å². The van der Waals surface area contributed by atoms with Gasteiger partial charge in [0, 0.05) is 17.2 Å². The van der Waals surface area contributed by atoms with Crippen molar-refractivity contribution >= 4 is 11.9 Å². The fourth-order valence-corrected chi connectivity index (χ4v) is 2.51. The lowest BCUT2D eigenvalue weighted by atomic mass is 10.1. The van der Waals surface area contributed by atoms with Gasteiger partial charge in [-0.15, -0.1) is 0 Å². The molecule has 1 saturated carbocycles. The van der Waals surface area contributed by atoms with Crippen LogP contribution in [-0.2, 0) is 0 Å². The van der Waals surface area contributed by atoms with Gasteiger partial charge in [-0.3, -0.25) is 10.1 Å². The van der Waals surface area contributed by atoms with E-state index in [0.717, 1.165) is 12.8 Å². The van der Waals surface area contributed by atoms with E-state index in [-0.39, 0.29) is 28.9 Å². The third kappa shape index (κ3) is 3.84. The van der Waals surface area contributed by atoms with Crippen molar-refractivity contribution in [1.29, 1.82) is 0 Å². The summed E-state index contributed by atoms with van der Waals surface area (Å²) in [6, 6.07) is 12.1. The van der Waals surface area contributed by atoms with Crippen LogP contribution in [0.2, 0.25) is 0 Å². The number of nitrogens with zero attached hydrogens (tertiary/aromatic N) is 2. The molecular formula is C19H15FN4O3. The predicted octanol–water partition coefficient (Wildman–Crippen LogP) is 3.14. The van der Waals surface area contributed by atoms with E-state index >= 15 is 0 Å². The minimum atomic E-state index is -0.534. The Hall–Kier alpha value is -3.55. The molecule has 4 rings (SSSR count). The molecule has 0 radical (unpaired) electrons. The second-order valence-corrected chi connectivity index (χ2v) is 6.19. The molecule has 1 heterocycles. The van der Waals surface area contributed by atoms with E-state index in [4.69, 9.17) is 4.52 Å². The van der Waals surface area contributed by atoms with Gasteiger partial charge in [0.25, 0.3) is 11.8 Å². The molecule has 0 atom stereocenters. The van der Waals surface area contributed by atoms with Crippen LogP contribution in [0.3, 0.4) is 0 Å². The molecule has 8 heteroatoms. The van der Waals surface area contributed by atoms with Crippen LogP contribution < -0.4 is 10.6 Å². The zero-order valence-corrected chi connectivity index (χ0v) is 14.1. The number of benzene rings is 2. The molecule has 3 aromatic rings. The number of hydrogen-bond acceptors (Lipinski definition) is 5. The van der Waals surface area contributed by atoms with Gasteiger partial charge in [-0.1, -0.05) is 29.4 Å². The van der Waals surface area contributed by atoms with Crippen LogP contribution in [0.5, 0.6) is 0 Å². The van der Waals surface area contributed by atoms with Gasteiger partial charge in [-0.25, -0.2) is 9.18 Å². The average molecular weight is 366 g/mol. The van der Waals surface area contributed by atoms with Crippen molar-refractivity contribution in [3.05, 3.63) is 59.9 Å². The van der Waals surface area contributed by atoms with E-state index in [1.807, 2.05) is 0 Å². The second-order valence-electron chi connectivity index (χ2n) is 6.19. The summed E-state index contributed by atoms with van der Waals surface area (Å²) in [5.74, 6) is -0.748. The minimum absolute atomic E-state index is 0.0433. The highest BCUT2D eigenvalue weighted by Gasteiger charge is 2.24. The molecule has 1 aliphatic rings. The summed E-state index contributed by atoms with van der Waals surface area (Å²) in [6.45, 7) is 0. The number of carbonyl (C=O) groups excluding carboxylic acids is 2.